The molecule has 2 aromatic carbocycles. The highest BCUT2D eigenvalue weighted by atomic mass is 16.5. The fraction of sp³-hybridized carbons (Fsp3) is 0.500. The van der Waals surface area contributed by atoms with Gasteiger partial charge in [0.15, 0.2) is 0 Å². The third-order valence-corrected chi connectivity index (χ3v) is 7.27. The van der Waals surface area contributed by atoms with Crippen LogP contribution in [0.4, 0.5) is 16.2 Å². The van der Waals surface area contributed by atoms with Crippen LogP contribution >= 0.6 is 0 Å². The Balaban J connectivity index is 1.37. The quantitative estimate of drug-likeness (QED) is 0.606. The SMILES string of the molecule is CCOc1ccc2c(c1)N(C1CCC1)C(c1ccc(NC(=O)NC3CCC3)cc1)C2C. The molecular formula is C26H33N3O2. The van der Waals surface area contributed by atoms with Crippen molar-refractivity contribution in [1.82, 2.24) is 5.32 Å². The van der Waals surface area contributed by atoms with E-state index in [1.807, 2.05) is 19.1 Å². The summed E-state index contributed by atoms with van der Waals surface area (Å²) < 4.78 is 5.81. The number of amides is 2. The Morgan fingerprint density at radius 3 is 2.42 bits per heavy atom. The van der Waals surface area contributed by atoms with Gasteiger partial charge in [0, 0.05) is 35.4 Å². The lowest BCUT2D eigenvalue weighted by molar-refractivity contribution is 0.240. The zero-order valence-corrected chi connectivity index (χ0v) is 18.6. The van der Waals surface area contributed by atoms with Crippen LogP contribution in [0.15, 0.2) is 42.5 Å². The number of hydrogen-bond acceptors (Lipinski definition) is 3. The van der Waals surface area contributed by atoms with Crippen LogP contribution in [0.3, 0.4) is 0 Å². The molecule has 5 rings (SSSR count). The smallest absolute Gasteiger partial charge is 0.319 e. The maximum Gasteiger partial charge on any atom is 0.319 e. The van der Waals surface area contributed by atoms with E-state index in [9.17, 15) is 4.79 Å². The van der Waals surface area contributed by atoms with Gasteiger partial charge in [0.25, 0.3) is 0 Å². The van der Waals surface area contributed by atoms with E-state index in [1.54, 1.807) is 0 Å². The molecular weight excluding hydrogens is 386 g/mol. The number of rotatable bonds is 6. The Morgan fingerprint density at radius 1 is 1.06 bits per heavy atom. The molecule has 0 saturated heterocycles. The Bertz CT molecular complexity index is 934. The molecule has 1 heterocycles. The van der Waals surface area contributed by atoms with E-state index in [-0.39, 0.29) is 6.03 Å². The number of carbonyl (C=O) groups excluding carboxylic acids is 1. The predicted molar refractivity (Wildman–Crippen MR) is 125 cm³/mol. The molecule has 5 nitrogen and oxygen atoms in total. The molecule has 2 atom stereocenters. The molecule has 5 heteroatoms. The third kappa shape index (κ3) is 3.86. The summed E-state index contributed by atoms with van der Waals surface area (Å²) in [6.45, 7) is 5.05. The second-order valence-corrected chi connectivity index (χ2v) is 9.23. The van der Waals surface area contributed by atoms with E-state index in [2.05, 4.69) is 52.8 Å². The van der Waals surface area contributed by atoms with Gasteiger partial charge in [-0.25, -0.2) is 4.79 Å². The first-order valence-corrected chi connectivity index (χ1v) is 11.9. The lowest BCUT2D eigenvalue weighted by atomic mass is 9.87. The number of fused-ring (bicyclic) bond motifs is 1. The molecule has 0 aromatic heterocycles. The largest absolute Gasteiger partial charge is 0.494 e. The first-order valence-electron chi connectivity index (χ1n) is 11.9. The van der Waals surface area contributed by atoms with Crippen molar-refractivity contribution in [2.24, 2.45) is 0 Å². The number of urea groups is 1. The lowest BCUT2D eigenvalue weighted by Gasteiger charge is -2.42. The number of anilines is 2. The van der Waals surface area contributed by atoms with Gasteiger partial charge in [0.05, 0.1) is 12.6 Å². The minimum Gasteiger partial charge on any atom is -0.494 e. The van der Waals surface area contributed by atoms with Crippen molar-refractivity contribution in [2.75, 3.05) is 16.8 Å². The maximum atomic E-state index is 12.2. The Morgan fingerprint density at radius 2 is 1.81 bits per heavy atom. The summed E-state index contributed by atoms with van der Waals surface area (Å²) >= 11 is 0. The second-order valence-electron chi connectivity index (χ2n) is 9.23. The highest BCUT2D eigenvalue weighted by Gasteiger charge is 2.42. The fourth-order valence-corrected chi connectivity index (χ4v) is 5.16. The molecule has 1 aliphatic heterocycles. The van der Waals surface area contributed by atoms with Gasteiger partial charge in [-0.1, -0.05) is 25.1 Å². The van der Waals surface area contributed by atoms with Crippen LogP contribution < -0.4 is 20.3 Å². The van der Waals surface area contributed by atoms with Crippen LogP contribution in [0, 0.1) is 0 Å². The zero-order valence-electron chi connectivity index (χ0n) is 18.6. The van der Waals surface area contributed by atoms with Crippen LogP contribution in [0.2, 0.25) is 0 Å². The van der Waals surface area contributed by atoms with Crippen molar-refractivity contribution in [3.63, 3.8) is 0 Å². The first kappa shape index (κ1) is 20.2. The van der Waals surface area contributed by atoms with E-state index in [4.69, 9.17) is 4.74 Å². The molecule has 2 fully saturated rings. The summed E-state index contributed by atoms with van der Waals surface area (Å²) in [5.74, 6) is 1.36. The molecule has 2 N–H and O–H groups in total. The summed E-state index contributed by atoms with van der Waals surface area (Å²) in [5, 5.41) is 6.02. The lowest BCUT2D eigenvalue weighted by Crippen LogP contribution is -2.42. The summed E-state index contributed by atoms with van der Waals surface area (Å²) in [5.41, 5.74) is 4.88. The first-order chi connectivity index (χ1) is 15.1. The molecule has 2 saturated carbocycles. The predicted octanol–water partition coefficient (Wildman–Crippen LogP) is 5.98. The van der Waals surface area contributed by atoms with Crippen molar-refractivity contribution in [2.45, 2.75) is 76.4 Å². The van der Waals surface area contributed by atoms with Gasteiger partial charge in [-0.2, -0.15) is 0 Å². The minimum atomic E-state index is -0.0985. The number of carbonyl (C=O) groups is 1. The molecule has 2 amide bonds. The molecule has 2 aliphatic carbocycles. The van der Waals surface area contributed by atoms with Crippen molar-refractivity contribution in [3.8, 4) is 5.75 Å². The van der Waals surface area contributed by atoms with Crippen LogP contribution in [-0.2, 0) is 0 Å². The van der Waals surface area contributed by atoms with Crippen molar-refractivity contribution < 1.29 is 9.53 Å². The highest BCUT2D eigenvalue weighted by Crippen LogP contribution is 2.53. The Kier molecular flexibility index (Phi) is 5.51. The maximum absolute atomic E-state index is 12.2. The highest BCUT2D eigenvalue weighted by molar-refractivity contribution is 5.89. The molecule has 164 valence electrons. The van der Waals surface area contributed by atoms with E-state index >= 15 is 0 Å². The van der Waals surface area contributed by atoms with Gasteiger partial charge in [-0.05, 0) is 74.8 Å². The zero-order chi connectivity index (χ0) is 21.4. The number of nitrogens with zero attached hydrogens (tertiary/aromatic N) is 1. The topological polar surface area (TPSA) is 53.6 Å². The standard InChI is InChI=1S/C26H33N3O2/c1-3-31-22-14-15-23-17(2)25(29(24(23)16-22)21-8-5-9-21)18-10-12-20(13-11-18)28-26(30)27-19-6-4-7-19/h10-17,19,21,25H,3-9H2,1-2H3,(H2,27,28,30). The van der Waals surface area contributed by atoms with Crippen LogP contribution in [0.5, 0.6) is 5.75 Å². The Hall–Kier alpha value is -2.69. The average molecular weight is 420 g/mol. The van der Waals surface area contributed by atoms with Crippen molar-refractivity contribution >= 4 is 17.4 Å². The van der Waals surface area contributed by atoms with Crippen LogP contribution in [0.25, 0.3) is 0 Å². The molecule has 0 bridgehead atoms. The van der Waals surface area contributed by atoms with Crippen LogP contribution in [0.1, 0.15) is 75.5 Å². The fourth-order valence-electron chi connectivity index (χ4n) is 5.16. The van der Waals surface area contributed by atoms with E-state index in [0.29, 0.717) is 30.7 Å². The van der Waals surface area contributed by atoms with Crippen molar-refractivity contribution in [1.29, 1.82) is 0 Å². The van der Waals surface area contributed by atoms with E-state index < -0.39 is 0 Å². The average Bonchev–Trinajstić information content (AvgIpc) is 2.97. The molecule has 31 heavy (non-hydrogen) atoms. The van der Waals surface area contributed by atoms with Gasteiger partial charge in [0.2, 0.25) is 0 Å². The summed E-state index contributed by atoms with van der Waals surface area (Å²) in [7, 11) is 0. The van der Waals surface area contributed by atoms with Gasteiger partial charge in [-0.3, -0.25) is 0 Å². The monoisotopic (exact) mass is 419 g/mol. The normalized spacial score (nSPS) is 23.0. The Labute approximate surface area is 185 Å². The third-order valence-electron chi connectivity index (χ3n) is 7.27. The number of benzene rings is 2. The summed E-state index contributed by atoms with van der Waals surface area (Å²) in [6.07, 6.45) is 7.21. The van der Waals surface area contributed by atoms with E-state index in [1.165, 1.54) is 42.5 Å². The number of hydrogen-bond donors (Lipinski definition) is 2. The minimum absolute atomic E-state index is 0.0985. The molecule has 3 aliphatic rings. The molecule has 0 radical (unpaired) electrons. The van der Waals surface area contributed by atoms with Crippen LogP contribution in [-0.4, -0.2) is 24.7 Å². The van der Waals surface area contributed by atoms with Crippen molar-refractivity contribution in [3.05, 3.63) is 53.6 Å². The summed E-state index contributed by atoms with van der Waals surface area (Å²) in [4.78, 5) is 14.8. The van der Waals surface area contributed by atoms with Gasteiger partial charge < -0.3 is 20.3 Å². The number of ether oxygens (including phenoxy) is 1. The van der Waals surface area contributed by atoms with Gasteiger partial charge in [0.1, 0.15) is 5.75 Å². The summed E-state index contributed by atoms with van der Waals surface area (Å²) in [6, 6.07) is 16.2. The molecule has 0 spiro atoms. The van der Waals surface area contributed by atoms with Gasteiger partial charge in [-0.15, -0.1) is 0 Å². The second kappa shape index (κ2) is 8.45. The number of nitrogens with one attached hydrogen (secondary N) is 2. The van der Waals surface area contributed by atoms with Gasteiger partial charge >= 0.3 is 6.03 Å². The van der Waals surface area contributed by atoms with E-state index in [0.717, 1.165) is 24.3 Å². The molecule has 2 aromatic rings. The molecule has 2 unspecified atom stereocenters.